The number of nitrogens with one attached hydrogen (secondary N) is 1. The van der Waals surface area contributed by atoms with Crippen molar-refractivity contribution in [1.82, 2.24) is 14.9 Å². The van der Waals surface area contributed by atoms with Gasteiger partial charge in [0.1, 0.15) is 5.82 Å². The van der Waals surface area contributed by atoms with Crippen LogP contribution in [0.3, 0.4) is 0 Å². The number of aryl methyl sites for hydroxylation is 1. The Morgan fingerprint density at radius 3 is 2.43 bits per heavy atom. The summed E-state index contributed by atoms with van der Waals surface area (Å²) in [6.45, 7) is 0. The molecule has 1 fully saturated rings. The van der Waals surface area contributed by atoms with Crippen LogP contribution in [0.2, 0.25) is 0 Å². The van der Waals surface area contributed by atoms with Crippen molar-refractivity contribution >= 4 is 0 Å². The molecule has 1 saturated carbocycles. The number of rotatable bonds is 4. The van der Waals surface area contributed by atoms with Crippen LogP contribution in [-0.4, -0.2) is 16.6 Å². The van der Waals surface area contributed by atoms with Gasteiger partial charge in [0.05, 0.1) is 6.04 Å². The van der Waals surface area contributed by atoms with E-state index in [4.69, 9.17) is 0 Å². The molecule has 1 unspecified atom stereocenters. The SMILES string of the molecule is CNC(c1nccn1C)C1(c2ccccc2)CCCCC1. The van der Waals surface area contributed by atoms with Crippen molar-refractivity contribution in [3.8, 4) is 0 Å². The maximum absolute atomic E-state index is 4.63. The molecule has 1 N–H and O–H groups in total. The molecule has 0 saturated heterocycles. The lowest BCUT2D eigenvalue weighted by Crippen LogP contribution is -2.43. The van der Waals surface area contributed by atoms with Gasteiger partial charge in [0.15, 0.2) is 0 Å². The summed E-state index contributed by atoms with van der Waals surface area (Å²) < 4.78 is 2.15. The highest BCUT2D eigenvalue weighted by atomic mass is 15.1. The highest BCUT2D eigenvalue weighted by Crippen LogP contribution is 2.47. The lowest BCUT2D eigenvalue weighted by atomic mass is 9.64. The lowest BCUT2D eigenvalue weighted by Gasteiger charge is -2.43. The molecule has 112 valence electrons. The van der Waals surface area contributed by atoms with E-state index in [-0.39, 0.29) is 11.5 Å². The van der Waals surface area contributed by atoms with Crippen molar-refractivity contribution in [3.05, 3.63) is 54.1 Å². The molecular weight excluding hydrogens is 258 g/mol. The molecule has 0 radical (unpaired) electrons. The minimum atomic E-state index is 0.160. The fourth-order valence-electron chi connectivity index (χ4n) is 4.00. The van der Waals surface area contributed by atoms with Crippen LogP contribution in [0.5, 0.6) is 0 Å². The van der Waals surface area contributed by atoms with E-state index in [0.717, 1.165) is 5.82 Å². The molecule has 0 amide bonds. The number of hydrogen-bond acceptors (Lipinski definition) is 2. The minimum Gasteiger partial charge on any atom is -0.337 e. The number of likely N-dealkylation sites (N-methyl/N-ethyl adjacent to an activating group) is 1. The summed E-state index contributed by atoms with van der Waals surface area (Å²) in [4.78, 5) is 4.63. The molecule has 1 aromatic heterocycles. The third kappa shape index (κ3) is 2.51. The standard InChI is InChI=1S/C18H25N3/c1-19-16(17-20-13-14-21(17)2)18(11-7-4-8-12-18)15-9-5-3-6-10-15/h3,5-6,9-10,13-14,16,19H,4,7-8,11-12H2,1-2H3. The van der Waals surface area contributed by atoms with Crippen LogP contribution in [0.4, 0.5) is 0 Å². The zero-order valence-electron chi connectivity index (χ0n) is 13.0. The monoisotopic (exact) mass is 283 g/mol. The first-order chi connectivity index (χ1) is 10.3. The van der Waals surface area contributed by atoms with E-state index in [9.17, 15) is 0 Å². The second-order valence-corrected chi connectivity index (χ2v) is 6.20. The molecule has 0 spiro atoms. The largest absolute Gasteiger partial charge is 0.337 e. The highest BCUT2D eigenvalue weighted by molar-refractivity contribution is 5.30. The maximum atomic E-state index is 4.63. The van der Waals surface area contributed by atoms with E-state index in [0.29, 0.717) is 0 Å². The van der Waals surface area contributed by atoms with E-state index in [2.05, 4.69) is 59.3 Å². The predicted molar refractivity (Wildman–Crippen MR) is 86.2 cm³/mol. The Balaban J connectivity index is 2.08. The smallest absolute Gasteiger partial charge is 0.126 e. The molecule has 1 heterocycles. The first kappa shape index (κ1) is 14.3. The van der Waals surface area contributed by atoms with Crippen molar-refractivity contribution in [2.45, 2.75) is 43.6 Å². The van der Waals surface area contributed by atoms with Gasteiger partial charge in [-0.15, -0.1) is 0 Å². The van der Waals surface area contributed by atoms with E-state index < -0.39 is 0 Å². The molecule has 1 aromatic carbocycles. The van der Waals surface area contributed by atoms with Crippen LogP contribution in [0.15, 0.2) is 42.7 Å². The zero-order valence-corrected chi connectivity index (χ0v) is 13.0. The molecule has 3 nitrogen and oxygen atoms in total. The topological polar surface area (TPSA) is 29.9 Å². The third-order valence-corrected chi connectivity index (χ3v) is 5.05. The molecule has 0 bridgehead atoms. The molecule has 3 rings (SSSR count). The third-order valence-electron chi connectivity index (χ3n) is 5.05. The number of nitrogens with zero attached hydrogens (tertiary/aromatic N) is 2. The van der Waals surface area contributed by atoms with Gasteiger partial charge in [-0.25, -0.2) is 4.98 Å². The first-order valence-electron chi connectivity index (χ1n) is 7.98. The lowest BCUT2D eigenvalue weighted by molar-refractivity contribution is 0.212. The summed E-state index contributed by atoms with van der Waals surface area (Å²) in [6, 6.07) is 11.3. The molecule has 1 atom stereocenters. The van der Waals surface area contributed by atoms with Crippen LogP contribution >= 0.6 is 0 Å². The van der Waals surface area contributed by atoms with Gasteiger partial charge in [0, 0.05) is 24.9 Å². The van der Waals surface area contributed by atoms with E-state index in [1.807, 2.05) is 12.4 Å². The molecule has 21 heavy (non-hydrogen) atoms. The van der Waals surface area contributed by atoms with Crippen molar-refractivity contribution in [2.75, 3.05) is 7.05 Å². The fraction of sp³-hybridized carbons (Fsp3) is 0.500. The molecular formula is C18H25N3. The van der Waals surface area contributed by atoms with Gasteiger partial charge in [-0.1, -0.05) is 49.6 Å². The number of benzene rings is 1. The van der Waals surface area contributed by atoms with Crippen LogP contribution < -0.4 is 5.32 Å². The Hall–Kier alpha value is -1.61. The number of hydrogen-bond donors (Lipinski definition) is 1. The Bertz CT molecular complexity index is 567. The second kappa shape index (κ2) is 6.02. The highest BCUT2D eigenvalue weighted by Gasteiger charge is 2.42. The summed E-state index contributed by atoms with van der Waals surface area (Å²) in [6.07, 6.45) is 10.4. The van der Waals surface area contributed by atoms with Crippen LogP contribution in [0.1, 0.15) is 49.5 Å². The van der Waals surface area contributed by atoms with Crippen molar-refractivity contribution in [3.63, 3.8) is 0 Å². The first-order valence-corrected chi connectivity index (χ1v) is 7.98. The number of aromatic nitrogens is 2. The van der Waals surface area contributed by atoms with Gasteiger partial charge in [-0.2, -0.15) is 0 Å². The minimum absolute atomic E-state index is 0.160. The Kier molecular flexibility index (Phi) is 4.11. The normalized spacial score (nSPS) is 19.3. The van der Waals surface area contributed by atoms with Gasteiger partial charge in [0.2, 0.25) is 0 Å². The van der Waals surface area contributed by atoms with Crippen molar-refractivity contribution in [1.29, 1.82) is 0 Å². The molecule has 0 aliphatic heterocycles. The molecule has 1 aliphatic rings. The fourth-order valence-corrected chi connectivity index (χ4v) is 4.00. The molecule has 2 aromatic rings. The van der Waals surface area contributed by atoms with Gasteiger partial charge in [0.25, 0.3) is 0 Å². The van der Waals surface area contributed by atoms with Crippen LogP contribution in [0, 0.1) is 0 Å². The van der Waals surface area contributed by atoms with Gasteiger partial charge >= 0.3 is 0 Å². The van der Waals surface area contributed by atoms with E-state index in [1.165, 1.54) is 37.7 Å². The number of imidazole rings is 1. The Morgan fingerprint density at radius 2 is 1.86 bits per heavy atom. The van der Waals surface area contributed by atoms with Gasteiger partial charge in [-0.05, 0) is 25.5 Å². The van der Waals surface area contributed by atoms with Crippen LogP contribution in [-0.2, 0) is 12.5 Å². The summed E-state index contributed by atoms with van der Waals surface area (Å²) in [5.41, 5.74) is 1.61. The Labute approximate surface area is 127 Å². The predicted octanol–water partition coefficient (Wildman–Crippen LogP) is 3.58. The van der Waals surface area contributed by atoms with Crippen molar-refractivity contribution < 1.29 is 0 Å². The van der Waals surface area contributed by atoms with Crippen LogP contribution in [0.25, 0.3) is 0 Å². The summed E-state index contributed by atoms with van der Waals surface area (Å²) in [5.74, 6) is 1.14. The molecule has 3 heteroatoms. The average molecular weight is 283 g/mol. The van der Waals surface area contributed by atoms with E-state index >= 15 is 0 Å². The Morgan fingerprint density at radius 1 is 1.14 bits per heavy atom. The second-order valence-electron chi connectivity index (χ2n) is 6.20. The summed E-state index contributed by atoms with van der Waals surface area (Å²) in [5, 5.41) is 3.57. The van der Waals surface area contributed by atoms with E-state index in [1.54, 1.807) is 0 Å². The van der Waals surface area contributed by atoms with Crippen molar-refractivity contribution in [2.24, 2.45) is 7.05 Å². The average Bonchev–Trinajstić information content (AvgIpc) is 2.96. The summed E-state index contributed by atoms with van der Waals surface area (Å²) in [7, 11) is 4.16. The zero-order chi connectivity index (χ0) is 14.7. The summed E-state index contributed by atoms with van der Waals surface area (Å²) >= 11 is 0. The maximum Gasteiger partial charge on any atom is 0.126 e. The van der Waals surface area contributed by atoms with Gasteiger partial charge < -0.3 is 9.88 Å². The molecule has 1 aliphatic carbocycles. The van der Waals surface area contributed by atoms with Gasteiger partial charge in [-0.3, -0.25) is 0 Å². The quantitative estimate of drug-likeness (QED) is 0.929.